The summed E-state index contributed by atoms with van der Waals surface area (Å²) in [6, 6.07) is 8.40. The van der Waals surface area contributed by atoms with Crippen molar-refractivity contribution in [2.75, 3.05) is 0 Å². The van der Waals surface area contributed by atoms with Gasteiger partial charge in [0.15, 0.2) is 0 Å². The second-order valence-corrected chi connectivity index (χ2v) is 6.36. The topological polar surface area (TPSA) is 62.7 Å². The number of hydrogen-bond acceptors (Lipinski definition) is 2. The third-order valence-electron chi connectivity index (χ3n) is 4.63. The Morgan fingerprint density at radius 3 is 3.26 bits per heavy atom. The number of rotatable bonds is 3. The highest BCUT2D eigenvalue weighted by Crippen LogP contribution is 2.20. The van der Waals surface area contributed by atoms with Gasteiger partial charge in [0.05, 0.1) is 6.33 Å². The molecule has 1 amide bonds. The van der Waals surface area contributed by atoms with Crippen molar-refractivity contribution in [3.05, 3.63) is 53.7 Å². The van der Waals surface area contributed by atoms with Crippen LogP contribution in [0.15, 0.2) is 36.8 Å². The Bertz CT molecular complexity index is 861. The monoisotopic (exact) mass is 308 g/mol. The minimum Gasteiger partial charge on any atom is -0.359 e. The van der Waals surface area contributed by atoms with E-state index in [-0.39, 0.29) is 11.8 Å². The van der Waals surface area contributed by atoms with E-state index < -0.39 is 0 Å². The fourth-order valence-corrected chi connectivity index (χ4v) is 3.36. The number of benzene rings is 1. The number of H-pyrrole nitrogens is 1. The molecule has 2 N–H and O–H groups in total. The van der Waals surface area contributed by atoms with E-state index in [1.54, 1.807) is 0 Å². The van der Waals surface area contributed by atoms with Crippen LogP contribution in [0.1, 0.15) is 23.4 Å². The number of nitrogens with zero attached hydrogens (tertiary/aromatic N) is 2. The van der Waals surface area contributed by atoms with Crippen LogP contribution in [0.25, 0.3) is 10.9 Å². The number of imidazole rings is 1. The zero-order chi connectivity index (χ0) is 15.8. The molecule has 3 aromatic rings. The number of amides is 1. The van der Waals surface area contributed by atoms with E-state index in [9.17, 15) is 4.79 Å². The van der Waals surface area contributed by atoms with Crippen LogP contribution in [0, 0.1) is 12.8 Å². The van der Waals surface area contributed by atoms with Crippen LogP contribution >= 0.6 is 0 Å². The molecule has 0 fully saturated rings. The average Bonchev–Trinajstić information content (AvgIpc) is 3.16. The molecule has 118 valence electrons. The minimum absolute atomic E-state index is 0.0532. The third-order valence-corrected chi connectivity index (χ3v) is 4.63. The maximum Gasteiger partial charge on any atom is 0.223 e. The predicted molar refractivity (Wildman–Crippen MR) is 88.9 cm³/mol. The Morgan fingerprint density at radius 1 is 1.43 bits per heavy atom. The molecule has 1 unspecified atom stereocenters. The lowest BCUT2D eigenvalue weighted by atomic mass is 9.95. The van der Waals surface area contributed by atoms with Gasteiger partial charge in [-0.15, -0.1) is 0 Å². The maximum absolute atomic E-state index is 12.4. The van der Waals surface area contributed by atoms with Gasteiger partial charge in [-0.25, -0.2) is 4.98 Å². The van der Waals surface area contributed by atoms with Crippen LogP contribution in [-0.2, 0) is 24.3 Å². The number of aryl methyl sites for hydroxylation is 2. The van der Waals surface area contributed by atoms with Gasteiger partial charge in [-0.1, -0.05) is 6.07 Å². The van der Waals surface area contributed by atoms with Gasteiger partial charge < -0.3 is 14.9 Å². The normalized spacial score (nSPS) is 17.2. The molecule has 1 aliphatic heterocycles. The van der Waals surface area contributed by atoms with E-state index in [2.05, 4.69) is 51.0 Å². The SMILES string of the molecule is Cc1cc2cc(CNC(=O)C3CCn4cncc4C3)ccc2[nH]1. The van der Waals surface area contributed by atoms with Crippen molar-refractivity contribution in [2.45, 2.75) is 32.9 Å². The van der Waals surface area contributed by atoms with Crippen LogP contribution in [0.2, 0.25) is 0 Å². The highest BCUT2D eigenvalue weighted by atomic mass is 16.1. The van der Waals surface area contributed by atoms with Crippen molar-refractivity contribution in [3.8, 4) is 0 Å². The lowest BCUT2D eigenvalue weighted by molar-refractivity contribution is -0.125. The number of aromatic nitrogens is 3. The number of hydrogen-bond donors (Lipinski definition) is 2. The molecule has 0 radical (unpaired) electrons. The number of aromatic amines is 1. The summed E-state index contributed by atoms with van der Waals surface area (Å²) >= 11 is 0. The van der Waals surface area contributed by atoms with Crippen molar-refractivity contribution in [2.24, 2.45) is 5.92 Å². The highest BCUT2D eigenvalue weighted by Gasteiger charge is 2.24. The summed E-state index contributed by atoms with van der Waals surface area (Å²) < 4.78 is 2.13. The van der Waals surface area contributed by atoms with Gasteiger partial charge in [0.25, 0.3) is 0 Å². The summed E-state index contributed by atoms with van der Waals surface area (Å²) in [7, 11) is 0. The quantitative estimate of drug-likeness (QED) is 0.781. The fraction of sp³-hybridized carbons (Fsp3) is 0.333. The van der Waals surface area contributed by atoms with Crippen LogP contribution in [0.5, 0.6) is 0 Å². The highest BCUT2D eigenvalue weighted by molar-refractivity contribution is 5.82. The molecule has 5 nitrogen and oxygen atoms in total. The summed E-state index contributed by atoms with van der Waals surface area (Å²) in [5.41, 5.74) is 4.57. The van der Waals surface area contributed by atoms with Gasteiger partial charge in [-0.3, -0.25) is 4.79 Å². The smallest absolute Gasteiger partial charge is 0.223 e. The summed E-state index contributed by atoms with van der Waals surface area (Å²) in [5.74, 6) is 0.195. The Morgan fingerprint density at radius 2 is 2.35 bits per heavy atom. The molecule has 0 aliphatic carbocycles. The van der Waals surface area contributed by atoms with Gasteiger partial charge in [-0.05, 0) is 42.5 Å². The molecule has 0 bridgehead atoms. The molecule has 0 spiro atoms. The first-order valence-electron chi connectivity index (χ1n) is 8.04. The molecule has 0 saturated heterocycles. The zero-order valence-electron chi connectivity index (χ0n) is 13.2. The third kappa shape index (κ3) is 2.74. The molecule has 1 atom stereocenters. The molecular formula is C18H20N4O. The molecule has 4 rings (SSSR count). The van der Waals surface area contributed by atoms with Gasteiger partial charge in [0.2, 0.25) is 5.91 Å². The lowest BCUT2D eigenvalue weighted by Crippen LogP contribution is -2.34. The number of carbonyl (C=O) groups is 1. The molecule has 3 heterocycles. The predicted octanol–water partition coefficient (Wildman–Crippen LogP) is 2.55. The zero-order valence-corrected chi connectivity index (χ0v) is 13.2. The molecule has 2 aromatic heterocycles. The second-order valence-electron chi connectivity index (χ2n) is 6.36. The van der Waals surface area contributed by atoms with E-state index in [4.69, 9.17) is 0 Å². The van der Waals surface area contributed by atoms with Gasteiger partial charge in [0.1, 0.15) is 0 Å². The molecule has 23 heavy (non-hydrogen) atoms. The van der Waals surface area contributed by atoms with Crippen molar-refractivity contribution in [3.63, 3.8) is 0 Å². The summed E-state index contributed by atoms with van der Waals surface area (Å²) in [6.45, 7) is 3.51. The largest absolute Gasteiger partial charge is 0.359 e. The molecule has 0 saturated carbocycles. The molecular weight excluding hydrogens is 288 g/mol. The van der Waals surface area contributed by atoms with E-state index in [0.717, 1.165) is 41.9 Å². The average molecular weight is 308 g/mol. The van der Waals surface area contributed by atoms with E-state index in [1.165, 1.54) is 5.39 Å². The van der Waals surface area contributed by atoms with Crippen LogP contribution in [-0.4, -0.2) is 20.4 Å². The molecule has 5 heteroatoms. The fourth-order valence-electron chi connectivity index (χ4n) is 3.36. The lowest BCUT2D eigenvalue weighted by Gasteiger charge is -2.23. The van der Waals surface area contributed by atoms with Crippen molar-refractivity contribution in [1.29, 1.82) is 0 Å². The van der Waals surface area contributed by atoms with Crippen LogP contribution in [0.4, 0.5) is 0 Å². The van der Waals surface area contributed by atoms with Gasteiger partial charge >= 0.3 is 0 Å². The van der Waals surface area contributed by atoms with E-state index in [1.807, 2.05) is 12.5 Å². The van der Waals surface area contributed by atoms with Gasteiger partial charge in [0, 0.05) is 48.5 Å². The number of fused-ring (bicyclic) bond motifs is 2. The van der Waals surface area contributed by atoms with E-state index in [0.29, 0.717) is 6.54 Å². The number of carbonyl (C=O) groups excluding carboxylic acids is 1. The summed E-state index contributed by atoms with van der Waals surface area (Å²) in [4.78, 5) is 19.9. The van der Waals surface area contributed by atoms with Gasteiger partial charge in [-0.2, -0.15) is 0 Å². The van der Waals surface area contributed by atoms with E-state index >= 15 is 0 Å². The Balaban J connectivity index is 1.41. The first kappa shape index (κ1) is 14.1. The van der Waals surface area contributed by atoms with Crippen molar-refractivity contribution < 1.29 is 4.79 Å². The van der Waals surface area contributed by atoms with Crippen molar-refractivity contribution in [1.82, 2.24) is 19.9 Å². The second kappa shape index (κ2) is 5.57. The van der Waals surface area contributed by atoms with Crippen molar-refractivity contribution >= 4 is 16.8 Å². The first-order chi connectivity index (χ1) is 11.2. The van der Waals surface area contributed by atoms with Crippen LogP contribution < -0.4 is 5.32 Å². The Labute approximate surface area is 134 Å². The molecule has 1 aliphatic rings. The minimum atomic E-state index is 0.0532. The maximum atomic E-state index is 12.4. The summed E-state index contributed by atoms with van der Waals surface area (Å²) in [5, 5.41) is 4.27. The Kier molecular flexibility index (Phi) is 3.41. The standard InChI is InChI=1S/C18H20N4O/c1-12-6-15-7-13(2-3-17(15)21-12)9-20-18(23)14-4-5-22-11-19-10-16(22)8-14/h2-3,6-7,10-11,14,21H,4-5,8-9H2,1H3,(H,20,23). The Hall–Kier alpha value is -2.56. The molecule has 1 aromatic carbocycles. The number of nitrogens with one attached hydrogen (secondary N) is 2. The summed E-state index contributed by atoms with van der Waals surface area (Å²) in [6.07, 6.45) is 5.37. The van der Waals surface area contributed by atoms with Crippen LogP contribution in [0.3, 0.4) is 0 Å². The first-order valence-corrected chi connectivity index (χ1v) is 8.04.